The van der Waals surface area contributed by atoms with E-state index in [0.29, 0.717) is 12.4 Å². The predicted molar refractivity (Wildman–Crippen MR) is 102 cm³/mol. The highest BCUT2D eigenvalue weighted by molar-refractivity contribution is 5.81. The topological polar surface area (TPSA) is 82.2 Å². The summed E-state index contributed by atoms with van der Waals surface area (Å²) in [5, 5.41) is 2.96. The van der Waals surface area contributed by atoms with Gasteiger partial charge in [0.1, 0.15) is 24.7 Å². The second kappa shape index (κ2) is 7.58. The monoisotopic (exact) mass is 352 g/mol. The van der Waals surface area contributed by atoms with Crippen LogP contribution in [-0.2, 0) is 17.9 Å². The molecule has 3 N–H and O–H groups in total. The Bertz CT molecular complexity index is 887. The SMILES string of the molecule is CC(C)(CN)NC(=O)Cn1c(COc2ccccc2)nc2ccccc21. The van der Waals surface area contributed by atoms with Crippen LogP contribution < -0.4 is 15.8 Å². The van der Waals surface area contributed by atoms with Crippen LogP contribution in [0.3, 0.4) is 0 Å². The van der Waals surface area contributed by atoms with E-state index in [2.05, 4.69) is 10.3 Å². The summed E-state index contributed by atoms with van der Waals surface area (Å²) in [7, 11) is 0. The first kappa shape index (κ1) is 17.9. The summed E-state index contributed by atoms with van der Waals surface area (Å²) in [4.78, 5) is 17.1. The van der Waals surface area contributed by atoms with Gasteiger partial charge in [-0.25, -0.2) is 4.98 Å². The van der Waals surface area contributed by atoms with Gasteiger partial charge in [-0.3, -0.25) is 4.79 Å². The highest BCUT2D eigenvalue weighted by Crippen LogP contribution is 2.18. The van der Waals surface area contributed by atoms with E-state index in [-0.39, 0.29) is 19.1 Å². The van der Waals surface area contributed by atoms with Crippen LogP contribution in [0.4, 0.5) is 0 Å². The maximum Gasteiger partial charge on any atom is 0.240 e. The molecule has 6 heteroatoms. The molecule has 0 fully saturated rings. The largest absolute Gasteiger partial charge is 0.486 e. The minimum atomic E-state index is -0.450. The van der Waals surface area contributed by atoms with Crippen molar-refractivity contribution in [3.63, 3.8) is 0 Å². The zero-order valence-electron chi connectivity index (χ0n) is 15.1. The van der Waals surface area contributed by atoms with Crippen molar-refractivity contribution < 1.29 is 9.53 Å². The number of nitrogens with zero attached hydrogens (tertiary/aromatic N) is 2. The molecule has 1 heterocycles. The number of aromatic nitrogens is 2. The highest BCUT2D eigenvalue weighted by Gasteiger charge is 2.20. The third-order valence-electron chi connectivity index (χ3n) is 4.13. The van der Waals surface area contributed by atoms with Crippen molar-refractivity contribution in [3.05, 3.63) is 60.4 Å². The lowest BCUT2D eigenvalue weighted by atomic mass is 10.1. The summed E-state index contributed by atoms with van der Waals surface area (Å²) < 4.78 is 7.72. The van der Waals surface area contributed by atoms with E-state index in [9.17, 15) is 4.79 Å². The van der Waals surface area contributed by atoms with E-state index in [1.54, 1.807) is 0 Å². The lowest BCUT2D eigenvalue weighted by molar-refractivity contribution is -0.123. The summed E-state index contributed by atoms with van der Waals surface area (Å²) in [6.45, 7) is 4.61. The maximum atomic E-state index is 12.5. The van der Waals surface area contributed by atoms with E-state index in [1.807, 2.05) is 73.0 Å². The van der Waals surface area contributed by atoms with E-state index >= 15 is 0 Å². The predicted octanol–water partition coefficient (Wildman–Crippen LogP) is 2.47. The number of hydrogen-bond donors (Lipinski definition) is 2. The lowest BCUT2D eigenvalue weighted by Gasteiger charge is -2.24. The van der Waals surface area contributed by atoms with Crippen LogP contribution in [0.5, 0.6) is 5.75 Å². The summed E-state index contributed by atoms with van der Waals surface area (Å²) in [6.07, 6.45) is 0. The first-order valence-electron chi connectivity index (χ1n) is 8.61. The summed E-state index contributed by atoms with van der Waals surface area (Å²) in [5.41, 5.74) is 7.00. The molecule has 0 aliphatic rings. The fourth-order valence-corrected chi connectivity index (χ4v) is 2.69. The number of nitrogens with two attached hydrogens (primary N) is 1. The number of nitrogens with one attached hydrogen (secondary N) is 1. The molecule has 0 radical (unpaired) electrons. The average molecular weight is 352 g/mol. The molecule has 0 aliphatic heterocycles. The Hall–Kier alpha value is -2.86. The van der Waals surface area contributed by atoms with E-state index in [4.69, 9.17) is 10.5 Å². The molecule has 6 nitrogen and oxygen atoms in total. The first-order valence-corrected chi connectivity index (χ1v) is 8.61. The van der Waals surface area contributed by atoms with Crippen LogP contribution in [0.25, 0.3) is 11.0 Å². The summed E-state index contributed by atoms with van der Waals surface area (Å²) in [6, 6.07) is 17.3. The number of imidazole rings is 1. The smallest absolute Gasteiger partial charge is 0.240 e. The second-order valence-electron chi connectivity index (χ2n) is 6.84. The molecule has 0 aliphatic carbocycles. The van der Waals surface area contributed by atoms with Gasteiger partial charge in [0, 0.05) is 12.1 Å². The number of fused-ring (bicyclic) bond motifs is 1. The Balaban J connectivity index is 1.83. The van der Waals surface area contributed by atoms with Gasteiger partial charge in [0.15, 0.2) is 0 Å². The fourth-order valence-electron chi connectivity index (χ4n) is 2.69. The van der Waals surface area contributed by atoms with Crippen molar-refractivity contribution in [2.45, 2.75) is 32.5 Å². The molecule has 0 unspecified atom stereocenters. The minimum absolute atomic E-state index is 0.107. The summed E-state index contributed by atoms with van der Waals surface area (Å²) in [5.74, 6) is 1.36. The lowest BCUT2D eigenvalue weighted by Crippen LogP contribution is -2.49. The van der Waals surface area contributed by atoms with Crippen LogP contribution in [0.2, 0.25) is 0 Å². The molecule has 0 atom stereocenters. The van der Waals surface area contributed by atoms with Crippen LogP contribution in [0, 0.1) is 0 Å². The van der Waals surface area contributed by atoms with Crippen LogP contribution in [-0.4, -0.2) is 27.5 Å². The average Bonchev–Trinajstić information content (AvgIpc) is 2.98. The van der Waals surface area contributed by atoms with Gasteiger partial charge in [0.25, 0.3) is 0 Å². The van der Waals surface area contributed by atoms with Gasteiger partial charge >= 0.3 is 0 Å². The Morgan fingerprint density at radius 3 is 2.58 bits per heavy atom. The quantitative estimate of drug-likeness (QED) is 0.684. The Kier molecular flexibility index (Phi) is 5.23. The second-order valence-corrected chi connectivity index (χ2v) is 6.84. The van der Waals surface area contributed by atoms with Gasteiger partial charge in [-0.05, 0) is 38.1 Å². The van der Waals surface area contributed by atoms with Crippen molar-refractivity contribution in [2.75, 3.05) is 6.54 Å². The fraction of sp³-hybridized carbons (Fsp3) is 0.300. The van der Waals surface area contributed by atoms with Crippen LogP contribution in [0.1, 0.15) is 19.7 Å². The summed E-state index contributed by atoms with van der Waals surface area (Å²) >= 11 is 0. The third kappa shape index (κ3) is 4.21. The third-order valence-corrected chi connectivity index (χ3v) is 4.13. The van der Waals surface area contributed by atoms with E-state index in [1.165, 1.54) is 0 Å². The molecule has 0 saturated heterocycles. The van der Waals surface area contributed by atoms with E-state index in [0.717, 1.165) is 16.8 Å². The van der Waals surface area contributed by atoms with Crippen molar-refractivity contribution in [1.29, 1.82) is 0 Å². The Morgan fingerprint density at radius 2 is 1.85 bits per heavy atom. The van der Waals surface area contributed by atoms with Gasteiger partial charge in [-0.2, -0.15) is 0 Å². The van der Waals surface area contributed by atoms with Gasteiger partial charge < -0.3 is 20.4 Å². The molecule has 0 spiro atoms. The number of para-hydroxylation sites is 3. The Morgan fingerprint density at radius 1 is 1.15 bits per heavy atom. The van der Waals surface area contributed by atoms with Gasteiger partial charge in [0.05, 0.1) is 11.0 Å². The number of carbonyl (C=O) groups is 1. The molecule has 1 amide bonds. The zero-order chi connectivity index (χ0) is 18.6. The number of benzene rings is 2. The van der Waals surface area contributed by atoms with Gasteiger partial charge in [0.2, 0.25) is 5.91 Å². The normalized spacial score (nSPS) is 11.5. The van der Waals surface area contributed by atoms with Crippen molar-refractivity contribution in [2.24, 2.45) is 5.73 Å². The molecule has 26 heavy (non-hydrogen) atoms. The Labute approximate surface area is 153 Å². The van der Waals surface area contributed by atoms with Crippen molar-refractivity contribution in [3.8, 4) is 5.75 Å². The van der Waals surface area contributed by atoms with Gasteiger partial charge in [-0.15, -0.1) is 0 Å². The van der Waals surface area contributed by atoms with E-state index < -0.39 is 5.54 Å². The molecule has 0 bridgehead atoms. The van der Waals surface area contributed by atoms with Crippen LogP contribution in [0.15, 0.2) is 54.6 Å². The number of amides is 1. The molecule has 2 aromatic carbocycles. The number of rotatable bonds is 7. The zero-order valence-corrected chi connectivity index (χ0v) is 15.1. The van der Waals surface area contributed by atoms with Crippen molar-refractivity contribution in [1.82, 2.24) is 14.9 Å². The molecular weight excluding hydrogens is 328 g/mol. The molecule has 3 rings (SSSR count). The number of carbonyl (C=O) groups excluding carboxylic acids is 1. The first-order chi connectivity index (χ1) is 12.5. The number of hydrogen-bond acceptors (Lipinski definition) is 4. The standard InChI is InChI=1S/C20H24N4O2/c1-20(2,14-21)23-19(25)12-24-17-11-7-6-10-16(17)22-18(24)13-26-15-8-4-3-5-9-15/h3-11H,12-14,21H2,1-2H3,(H,23,25). The van der Waals surface area contributed by atoms with Crippen molar-refractivity contribution >= 4 is 16.9 Å². The molecular formula is C20H24N4O2. The van der Waals surface area contributed by atoms with Gasteiger partial charge in [-0.1, -0.05) is 30.3 Å². The molecule has 3 aromatic rings. The minimum Gasteiger partial charge on any atom is -0.486 e. The van der Waals surface area contributed by atoms with Crippen LogP contribution >= 0.6 is 0 Å². The maximum absolute atomic E-state index is 12.5. The number of ether oxygens (including phenoxy) is 1. The molecule has 1 aromatic heterocycles. The highest BCUT2D eigenvalue weighted by atomic mass is 16.5. The molecule has 0 saturated carbocycles. The molecule has 136 valence electrons.